The van der Waals surface area contributed by atoms with Crippen molar-refractivity contribution in [2.75, 3.05) is 6.54 Å². The molecule has 0 fully saturated rings. The Balaban J connectivity index is 2.29. The Hall–Kier alpha value is -1.36. The molecule has 0 saturated heterocycles. The van der Waals surface area contributed by atoms with E-state index in [2.05, 4.69) is 15.9 Å². The number of aliphatic carboxylic acids is 1. The van der Waals surface area contributed by atoms with E-state index in [0.29, 0.717) is 12.1 Å². The maximum Gasteiger partial charge on any atom is 0.323 e. The van der Waals surface area contributed by atoms with Crippen LogP contribution in [0, 0.1) is 0 Å². The van der Waals surface area contributed by atoms with Crippen LogP contribution in [0.3, 0.4) is 0 Å². The lowest BCUT2D eigenvalue weighted by atomic mass is 10.1. The first-order valence-corrected chi connectivity index (χ1v) is 5.17. The van der Waals surface area contributed by atoms with Gasteiger partial charge in [0.25, 0.3) is 5.91 Å². The number of rotatable bonds is 2. The minimum Gasteiger partial charge on any atom is -0.480 e. The van der Waals surface area contributed by atoms with Crippen molar-refractivity contribution in [1.82, 2.24) is 4.90 Å². The van der Waals surface area contributed by atoms with Crippen molar-refractivity contribution in [3.63, 3.8) is 0 Å². The number of hydrogen-bond acceptors (Lipinski definition) is 2. The zero-order chi connectivity index (χ0) is 11.0. The van der Waals surface area contributed by atoms with E-state index in [0.717, 1.165) is 10.0 Å². The summed E-state index contributed by atoms with van der Waals surface area (Å²) in [5.74, 6) is -1.20. The quantitative estimate of drug-likeness (QED) is 0.885. The normalized spacial score (nSPS) is 14.2. The van der Waals surface area contributed by atoms with Crippen molar-refractivity contribution in [2.45, 2.75) is 6.54 Å². The van der Waals surface area contributed by atoms with Crippen molar-refractivity contribution < 1.29 is 14.7 Å². The van der Waals surface area contributed by atoms with E-state index < -0.39 is 5.97 Å². The third-order valence-electron chi connectivity index (χ3n) is 2.28. The molecule has 1 aromatic carbocycles. The van der Waals surface area contributed by atoms with Gasteiger partial charge in [0.1, 0.15) is 6.54 Å². The highest BCUT2D eigenvalue weighted by molar-refractivity contribution is 9.10. The summed E-state index contributed by atoms with van der Waals surface area (Å²) in [4.78, 5) is 23.6. The Kier molecular flexibility index (Phi) is 2.48. The molecule has 1 heterocycles. The number of carbonyl (C=O) groups excluding carboxylic acids is 1. The SMILES string of the molecule is O=C(O)CN1Cc2ccc(Br)cc2C1=O. The molecule has 0 spiro atoms. The Morgan fingerprint density at radius 2 is 2.27 bits per heavy atom. The third kappa shape index (κ3) is 1.87. The molecule has 1 N–H and O–H groups in total. The van der Waals surface area contributed by atoms with Crippen LogP contribution in [0.4, 0.5) is 0 Å². The predicted octanol–water partition coefficient (Wildman–Crippen LogP) is 1.49. The number of benzene rings is 1. The van der Waals surface area contributed by atoms with E-state index in [-0.39, 0.29) is 12.5 Å². The topological polar surface area (TPSA) is 57.6 Å². The highest BCUT2D eigenvalue weighted by Gasteiger charge is 2.28. The van der Waals surface area contributed by atoms with Crippen LogP contribution in [-0.4, -0.2) is 28.4 Å². The highest BCUT2D eigenvalue weighted by atomic mass is 79.9. The Labute approximate surface area is 94.6 Å². The summed E-state index contributed by atoms with van der Waals surface area (Å²) in [6, 6.07) is 5.40. The molecule has 5 heteroatoms. The summed E-state index contributed by atoms with van der Waals surface area (Å²) in [6.07, 6.45) is 0. The summed E-state index contributed by atoms with van der Waals surface area (Å²) in [6.45, 7) is 0.138. The number of carboxylic acids is 1. The van der Waals surface area contributed by atoms with Gasteiger partial charge in [-0.25, -0.2) is 0 Å². The lowest BCUT2D eigenvalue weighted by molar-refractivity contribution is -0.137. The number of nitrogens with zero attached hydrogens (tertiary/aromatic N) is 1. The van der Waals surface area contributed by atoms with Crippen molar-refractivity contribution in [2.24, 2.45) is 0 Å². The molecule has 2 rings (SSSR count). The van der Waals surface area contributed by atoms with Crippen LogP contribution >= 0.6 is 15.9 Å². The van der Waals surface area contributed by atoms with Gasteiger partial charge in [0, 0.05) is 16.6 Å². The molecule has 15 heavy (non-hydrogen) atoms. The van der Waals surface area contributed by atoms with E-state index in [4.69, 9.17) is 5.11 Å². The predicted molar refractivity (Wildman–Crippen MR) is 56.5 cm³/mol. The zero-order valence-corrected chi connectivity index (χ0v) is 9.32. The molecule has 4 nitrogen and oxygen atoms in total. The van der Waals surface area contributed by atoms with Gasteiger partial charge in [0.2, 0.25) is 0 Å². The molecule has 0 saturated carbocycles. The van der Waals surface area contributed by atoms with Crippen molar-refractivity contribution in [1.29, 1.82) is 0 Å². The summed E-state index contributed by atoms with van der Waals surface area (Å²) >= 11 is 3.28. The number of fused-ring (bicyclic) bond motifs is 1. The monoisotopic (exact) mass is 269 g/mol. The first-order valence-electron chi connectivity index (χ1n) is 4.37. The fourth-order valence-corrected chi connectivity index (χ4v) is 1.99. The molecule has 1 aliphatic rings. The van der Waals surface area contributed by atoms with Crippen LogP contribution in [0.25, 0.3) is 0 Å². The number of carbonyl (C=O) groups is 2. The third-order valence-corrected chi connectivity index (χ3v) is 2.77. The number of hydrogen-bond donors (Lipinski definition) is 1. The number of amides is 1. The minimum absolute atomic E-state index is 0.214. The zero-order valence-electron chi connectivity index (χ0n) is 7.74. The second-order valence-corrected chi connectivity index (χ2v) is 4.27. The van der Waals surface area contributed by atoms with E-state index in [9.17, 15) is 9.59 Å². The second kappa shape index (κ2) is 3.66. The van der Waals surface area contributed by atoms with Gasteiger partial charge in [-0.2, -0.15) is 0 Å². The molecular formula is C10H8BrNO3. The van der Waals surface area contributed by atoms with Gasteiger partial charge in [0.05, 0.1) is 0 Å². The summed E-state index contributed by atoms with van der Waals surface area (Å²) in [5.41, 5.74) is 1.47. The van der Waals surface area contributed by atoms with E-state index >= 15 is 0 Å². The molecule has 78 valence electrons. The first kappa shape index (κ1) is 10.2. The second-order valence-electron chi connectivity index (χ2n) is 3.36. The molecule has 1 amide bonds. The molecule has 1 aliphatic heterocycles. The smallest absolute Gasteiger partial charge is 0.323 e. The molecule has 0 radical (unpaired) electrons. The van der Waals surface area contributed by atoms with Gasteiger partial charge in [-0.05, 0) is 17.7 Å². The van der Waals surface area contributed by atoms with Crippen LogP contribution in [0.2, 0.25) is 0 Å². The van der Waals surface area contributed by atoms with E-state index in [1.54, 1.807) is 6.07 Å². The number of carboxylic acid groups (broad SMARTS) is 1. The molecule has 0 aliphatic carbocycles. The van der Waals surface area contributed by atoms with Gasteiger partial charge in [-0.1, -0.05) is 22.0 Å². The van der Waals surface area contributed by atoms with Crippen LogP contribution in [0.1, 0.15) is 15.9 Å². The van der Waals surface area contributed by atoms with Crippen molar-refractivity contribution in [3.05, 3.63) is 33.8 Å². The van der Waals surface area contributed by atoms with E-state index in [1.165, 1.54) is 4.90 Å². The molecule has 1 aromatic rings. The molecule has 0 atom stereocenters. The number of halogens is 1. The van der Waals surface area contributed by atoms with Crippen LogP contribution in [-0.2, 0) is 11.3 Å². The molecule has 0 aromatic heterocycles. The minimum atomic E-state index is -0.991. The largest absolute Gasteiger partial charge is 0.480 e. The van der Waals surface area contributed by atoms with Gasteiger partial charge in [-0.3, -0.25) is 9.59 Å². The van der Waals surface area contributed by atoms with Crippen molar-refractivity contribution in [3.8, 4) is 0 Å². The van der Waals surface area contributed by atoms with Crippen molar-refractivity contribution >= 4 is 27.8 Å². The Morgan fingerprint density at radius 3 is 2.93 bits per heavy atom. The first-order chi connectivity index (χ1) is 7.08. The molecular weight excluding hydrogens is 262 g/mol. The fraction of sp³-hybridized carbons (Fsp3) is 0.200. The molecule has 0 bridgehead atoms. The average molecular weight is 270 g/mol. The van der Waals surface area contributed by atoms with Crippen LogP contribution in [0.15, 0.2) is 22.7 Å². The molecule has 0 unspecified atom stereocenters. The van der Waals surface area contributed by atoms with E-state index in [1.807, 2.05) is 12.1 Å². The summed E-state index contributed by atoms with van der Waals surface area (Å²) in [7, 11) is 0. The van der Waals surface area contributed by atoms with Gasteiger partial charge in [0.15, 0.2) is 0 Å². The summed E-state index contributed by atoms with van der Waals surface area (Å²) in [5, 5.41) is 8.62. The van der Waals surface area contributed by atoms with Gasteiger partial charge in [-0.15, -0.1) is 0 Å². The maximum absolute atomic E-state index is 11.7. The highest BCUT2D eigenvalue weighted by Crippen LogP contribution is 2.25. The van der Waals surface area contributed by atoms with Gasteiger partial charge >= 0.3 is 5.97 Å². The lowest BCUT2D eigenvalue weighted by Crippen LogP contribution is -2.29. The summed E-state index contributed by atoms with van der Waals surface area (Å²) < 4.78 is 0.826. The fourth-order valence-electron chi connectivity index (χ4n) is 1.62. The standard InChI is InChI=1S/C10H8BrNO3/c11-7-2-1-6-4-12(5-9(13)14)10(15)8(6)3-7/h1-3H,4-5H2,(H,13,14). The van der Waals surface area contributed by atoms with Crippen LogP contribution < -0.4 is 0 Å². The lowest BCUT2D eigenvalue weighted by Gasteiger charge is -2.11. The maximum atomic E-state index is 11.7. The Morgan fingerprint density at radius 1 is 1.53 bits per heavy atom. The average Bonchev–Trinajstić information content (AvgIpc) is 2.44. The Bertz CT molecular complexity index is 444. The van der Waals surface area contributed by atoms with Crippen LogP contribution in [0.5, 0.6) is 0 Å². The van der Waals surface area contributed by atoms with Gasteiger partial charge < -0.3 is 10.0 Å².